The summed E-state index contributed by atoms with van der Waals surface area (Å²) in [6.45, 7) is 5.52. The second kappa shape index (κ2) is 6.78. The second-order valence-corrected chi connectivity index (χ2v) is 5.69. The highest BCUT2D eigenvalue weighted by Crippen LogP contribution is 2.22. The highest BCUT2D eigenvalue weighted by atomic mass is 35.5. The first-order valence-corrected chi connectivity index (χ1v) is 6.59. The zero-order chi connectivity index (χ0) is 14.5. The number of aliphatic hydroxyl groups excluding tert-OH is 1. The molecule has 0 fully saturated rings. The van der Waals surface area contributed by atoms with Gasteiger partial charge in [0.05, 0.1) is 0 Å². The highest BCUT2D eigenvalue weighted by Gasteiger charge is 2.17. The molecule has 19 heavy (non-hydrogen) atoms. The fourth-order valence-electron chi connectivity index (χ4n) is 1.57. The zero-order valence-electron chi connectivity index (χ0n) is 11.5. The summed E-state index contributed by atoms with van der Waals surface area (Å²) >= 11 is 5.93. The van der Waals surface area contributed by atoms with E-state index in [4.69, 9.17) is 21.4 Å². The molecule has 0 aliphatic carbocycles. The molecule has 2 N–H and O–H groups in total. The van der Waals surface area contributed by atoms with E-state index in [2.05, 4.69) is 5.32 Å². The molecular formula is C14H20ClNO3. The van der Waals surface area contributed by atoms with E-state index in [1.165, 1.54) is 0 Å². The summed E-state index contributed by atoms with van der Waals surface area (Å²) in [5.41, 5.74) is 1.00. The van der Waals surface area contributed by atoms with Gasteiger partial charge < -0.3 is 9.84 Å². The van der Waals surface area contributed by atoms with Crippen LogP contribution in [-0.4, -0.2) is 23.4 Å². The summed E-state index contributed by atoms with van der Waals surface area (Å²) in [4.78, 5) is 11.7. The summed E-state index contributed by atoms with van der Waals surface area (Å²) in [6.07, 6.45) is 0.756. The number of anilines is 1. The molecule has 1 rings (SSSR count). The van der Waals surface area contributed by atoms with Crippen molar-refractivity contribution in [1.29, 1.82) is 0 Å². The monoisotopic (exact) mass is 285 g/mol. The van der Waals surface area contributed by atoms with E-state index in [1.807, 2.05) is 0 Å². The SMILES string of the molecule is CC(C)(C)OC(=O)Nc1ccc(Cl)cc1CCCO. The van der Waals surface area contributed by atoms with Gasteiger partial charge in [0.15, 0.2) is 0 Å². The molecule has 5 heteroatoms. The first kappa shape index (κ1) is 15.8. The fraction of sp³-hybridized carbons (Fsp3) is 0.500. The maximum Gasteiger partial charge on any atom is 0.412 e. The van der Waals surface area contributed by atoms with Crippen molar-refractivity contribution in [3.63, 3.8) is 0 Å². The number of carbonyl (C=O) groups is 1. The van der Waals surface area contributed by atoms with Crippen LogP contribution in [0.15, 0.2) is 18.2 Å². The normalized spacial score (nSPS) is 11.2. The first-order valence-electron chi connectivity index (χ1n) is 6.21. The van der Waals surface area contributed by atoms with Gasteiger partial charge in [0.1, 0.15) is 5.60 Å². The quantitative estimate of drug-likeness (QED) is 0.888. The summed E-state index contributed by atoms with van der Waals surface area (Å²) in [5.74, 6) is 0. The van der Waals surface area contributed by atoms with E-state index >= 15 is 0 Å². The Kier molecular flexibility index (Phi) is 5.63. The molecule has 0 saturated carbocycles. The molecule has 0 atom stereocenters. The number of nitrogens with one attached hydrogen (secondary N) is 1. The fourth-order valence-corrected chi connectivity index (χ4v) is 1.77. The van der Waals surface area contributed by atoms with Crippen molar-refractivity contribution in [1.82, 2.24) is 0 Å². The predicted octanol–water partition coefficient (Wildman–Crippen LogP) is 3.61. The van der Waals surface area contributed by atoms with E-state index in [-0.39, 0.29) is 6.61 Å². The Morgan fingerprint density at radius 2 is 2.11 bits per heavy atom. The summed E-state index contributed by atoms with van der Waals surface area (Å²) in [5, 5.41) is 12.2. The number of amides is 1. The van der Waals surface area contributed by atoms with E-state index in [0.29, 0.717) is 23.6 Å². The number of hydrogen-bond acceptors (Lipinski definition) is 3. The summed E-state index contributed by atoms with van der Waals surface area (Å²) in [7, 11) is 0. The number of aryl methyl sites for hydroxylation is 1. The molecule has 1 aromatic carbocycles. The Balaban J connectivity index is 2.79. The average Bonchev–Trinajstić information content (AvgIpc) is 2.27. The van der Waals surface area contributed by atoms with Crippen LogP contribution in [0.5, 0.6) is 0 Å². The van der Waals surface area contributed by atoms with Gasteiger partial charge in [0.25, 0.3) is 0 Å². The lowest BCUT2D eigenvalue weighted by Gasteiger charge is -2.20. The van der Waals surface area contributed by atoms with E-state index in [1.54, 1.807) is 39.0 Å². The number of hydrogen-bond donors (Lipinski definition) is 2. The molecular weight excluding hydrogens is 266 g/mol. The Morgan fingerprint density at radius 3 is 2.68 bits per heavy atom. The minimum absolute atomic E-state index is 0.0956. The Bertz CT molecular complexity index is 441. The van der Waals surface area contributed by atoms with Gasteiger partial charge in [0.2, 0.25) is 0 Å². The molecule has 1 amide bonds. The van der Waals surface area contributed by atoms with Gasteiger partial charge >= 0.3 is 6.09 Å². The van der Waals surface area contributed by atoms with Crippen LogP contribution in [0.2, 0.25) is 5.02 Å². The van der Waals surface area contributed by atoms with Crippen molar-refractivity contribution in [2.75, 3.05) is 11.9 Å². The smallest absolute Gasteiger partial charge is 0.412 e. The van der Waals surface area contributed by atoms with Crippen LogP contribution < -0.4 is 5.32 Å². The molecule has 0 aromatic heterocycles. The predicted molar refractivity (Wildman–Crippen MR) is 76.7 cm³/mol. The maximum absolute atomic E-state index is 11.7. The second-order valence-electron chi connectivity index (χ2n) is 5.26. The van der Waals surface area contributed by atoms with Crippen molar-refractivity contribution in [2.45, 2.75) is 39.2 Å². The molecule has 0 radical (unpaired) electrons. The van der Waals surface area contributed by atoms with E-state index < -0.39 is 11.7 Å². The number of rotatable bonds is 4. The Morgan fingerprint density at radius 1 is 1.42 bits per heavy atom. The van der Waals surface area contributed by atoms with Crippen molar-refractivity contribution in [3.05, 3.63) is 28.8 Å². The molecule has 106 valence electrons. The van der Waals surface area contributed by atoms with Gasteiger partial charge in [-0.2, -0.15) is 0 Å². The zero-order valence-corrected chi connectivity index (χ0v) is 12.3. The Labute approximate surface area is 118 Å². The van der Waals surface area contributed by atoms with Crippen molar-refractivity contribution in [3.8, 4) is 0 Å². The number of carbonyl (C=O) groups excluding carboxylic acids is 1. The molecule has 0 unspecified atom stereocenters. The largest absolute Gasteiger partial charge is 0.444 e. The first-order chi connectivity index (χ1) is 8.81. The Hall–Kier alpha value is -1.26. The van der Waals surface area contributed by atoms with Crippen LogP contribution in [0.1, 0.15) is 32.8 Å². The molecule has 0 aliphatic heterocycles. The summed E-state index contributed by atoms with van der Waals surface area (Å²) in [6, 6.07) is 5.22. The van der Waals surface area contributed by atoms with E-state index in [9.17, 15) is 4.79 Å². The van der Waals surface area contributed by atoms with Crippen molar-refractivity contribution < 1.29 is 14.6 Å². The average molecular weight is 286 g/mol. The van der Waals surface area contributed by atoms with Crippen LogP contribution in [0.4, 0.5) is 10.5 Å². The molecule has 0 saturated heterocycles. The third-order valence-electron chi connectivity index (χ3n) is 2.31. The molecule has 0 bridgehead atoms. The molecule has 4 nitrogen and oxygen atoms in total. The number of ether oxygens (including phenoxy) is 1. The van der Waals surface area contributed by atoms with Gasteiger partial charge in [-0.25, -0.2) is 4.79 Å². The molecule has 0 heterocycles. The van der Waals surface area contributed by atoms with Gasteiger partial charge in [-0.1, -0.05) is 11.6 Å². The minimum atomic E-state index is -0.540. The molecule has 0 aliphatic rings. The lowest BCUT2D eigenvalue weighted by atomic mass is 10.1. The van der Waals surface area contributed by atoms with Crippen LogP contribution in [0.3, 0.4) is 0 Å². The van der Waals surface area contributed by atoms with Gasteiger partial charge in [0, 0.05) is 17.3 Å². The van der Waals surface area contributed by atoms with Gasteiger partial charge in [-0.05, 0) is 57.4 Å². The molecule has 1 aromatic rings. The topological polar surface area (TPSA) is 58.6 Å². The highest BCUT2D eigenvalue weighted by molar-refractivity contribution is 6.30. The lowest BCUT2D eigenvalue weighted by molar-refractivity contribution is 0.0636. The van der Waals surface area contributed by atoms with Crippen LogP contribution in [0, 0.1) is 0 Å². The number of aliphatic hydroxyl groups is 1. The van der Waals surface area contributed by atoms with Crippen molar-refractivity contribution >= 4 is 23.4 Å². The van der Waals surface area contributed by atoms with Crippen LogP contribution >= 0.6 is 11.6 Å². The number of halogens is 1. The third kappa shape index (κ3) is 5.94. The third-order valence-corrected chi connectivity index (χ3v) is 2.54. The van der Waals surface area contributed by atoms with E-state index in [0.717, 1.165) is 5.56 Å². The van der Waals surface area contributed by atoms with Gasteiger partial charge in [-0.15, -0.1) is 0 Å². The molecule has 0 spiro atoms. The van der Waals surface area contributed by atoms with Crippen LogP contribution in [0.25, 0.3) is 0 Å². The number of benzene rings is 1. The lowest BCUT2D eigenvalue weighted by Crippen LogP contribution is -2.27. The summed E-state index contributed by atoms with van der Waals surface area (Å²) < 4.78 is 5.20. The standard InChI is InChI=1S/C14H20ClNO3/c1-14(2,3)19-13(18)16-12-7-6-11(15)9-10(12)5-4-8-17/h6-7,9,17H,4-5,8H2,1-3H3,(H,16,18). The van der Waals surface area contributed by atoms with Crippen LogP contribution in [-0.2, 0) is 11.2 Å². The van der Waals surface area contributed by atoms with Crippen molar-refractivity contribution in [2.24, 2.45) is 0 Å². The van der Waals surface area contributed by atoms with Gasteiger partial charge in [-0.3, -0.25) is 5.32 Å². The maximum atomic E-state index is 11.7. The minimum Gasteiger partial charge on any atom is -0.444 e.